The third kappa shape index (κ3) is 4.96. The van der Waals surface area contributed by atoms with Crippen LogP contribution in [0.2, 0.25) is 0 Å². The first-order valence-electron chi connectivity index (χ1n) is 5.76. The molecule has 1 aromatic carbocycles. The van der Waals surface area contributed by atoms with Gasteiger partial charge in [0.15, 0.2) is 0 Å². The largest absolute Gasteiger partial charge is 0.395 e. The first kappa shape index (κ1) is 12.2. The van der Waals surface area contributed by atoms with Gasteiger partial charge in [0.1, 0.15) is 0 Å². The predicted octanol–water partition coefficient (Wildman–Crippen LogP) is 1.76. The van der Waals surface area contributed by atoms with Gasteiger partial charge in [0.2, 0.25) is 0 Å². The lowest BCUT2D eigenvalue weighted by Crippen LogP contribution is -2.20. The van der Waals surface area contributed by atoms with Gasteiger partial charge in [0, 0.05) is 6.54 Å². The maximum absolute atomic E-state index is 8.60. The van der Waals surface area contributed by atoms with Crippen LogP contribution < -0.4 is 5.32 Å². The first-order valence-corrected chi connectivity index (χ1v) is 5.76. The maximum Gasteiger partial charge on any atom is 0.0555 e. The monoisotopic (exact) mass is 207 g/mol. The second kappa shape index (κ2) is 7.43. The van der Waals surface area contributed by atoms with Gasteiger partial charge >= 0.3 is 0 Å². The number of aliphatic hydroxyl groups is 1. The average molecular weight is 207 g/mol. The van der Waals surface area contributed by atoms with Crippen LogP contribution in [0, 0.1) is 0 Å². The molecule has 0 aliphatic rings. The Morgan fingerprint density at radius 2 is 1.60 bits per heavy atom. The van der Waals surface area contributed by atoms with Gasteiger partial charge < -0.3 is 10.4 Å². The molecule has 0 heterocycles. The fourth-order valence-corrected chi connectivity index (χ4v) is 1.60. The Balaban J connectivity index is 2.29. The van der Waals surface area contributed by atoms with Crippen LogP contribution in [0.4, 0.5) is 0 Å². The lowest BCUT2D eigenvalue weighted by atomic mass is 10.1. The van der Waals surface area contributed by atoms with Crippen LogP contribution in [0.1, 0.15) is 24.5 Å². The SMILES string of the molecule is CCCc1ccc(CCNCCO)cc1. The molecule has 1 aromatic rings. The molecule has 0 spiro atoms. The topological polar surface area (TPSA) is 32.3 Å². The molecule has 0 aliphatic carbocycles. The number of hydrogen-bond donors (Lipinski definition) is 2. The number of aliphatic hydroxyl groups excluding tert-OH is 1. The van der Waals surface area contributed by atoms with Gasteiger partial charge in [-0.05, 0) is 30.5 Å². The van der Waals surface area contributed by atoms with E-state index >= 15 is 0 Å². The minimum absolute atomic E-state index is 0.218. The summed E-state index contributed by atoms with van der Waals surface area (Å²) in [6.45, 7) is 4.05. The van der Waals surface area contributed by atoms with E-state index in [1.165, 1.54) is 24.0 Å². The molecule has 2 heteroatoms. The first-order chi connectivity index (χ1) is 7.36. The summed E-state index contributed by atoms with van der Waals surface area (Å²) in [5, 5.41) is 11.8. The third-order valence-corrected chi connectivity index (χ3v) is 2.44. The highest BCUT2D eigenvalue weighted by molar-refractivity contribution is 5.22. The fraction of sp³-hybridized carbons (Fsp3) is 0.538. The summed E-state index contributed by atoms with van der Waals surface area (Å²) in [5.41, 5.74) is 2.78. The van der Waals surface area contributed by atoms with Gasteiger partial charge in [-0.1, -0.05) is 37.6 Å². The molecular formula is C13H21NO. The Morgan fingerprint density at radius 3 is 2.13 bits per heavy atom. The molecule has 0 bridgehead atoms. The van der Waals surface area contributed by atoms with Crippen molar-refractivity contribution >= 4 is 0 Å². The number of hydrogen-bond acceptors (Lipinski definition) is 2. The van der Waals surface area contributed by atoms with E-state index in [0.29, 0.717) is 6.54 Å². The molecule has 84 valence electrons. The number of benzene rings is 1. The van der Waals surface area contributed by atoms with E-state index in [-0.39, 0.29) is 6.61 Å². The minimum atomic E-state index is 0.218. The van der Waals surface area contributed by atoms with Crippen LogP contribution in [0.15, 0.2) is 24.3 Å². The zero-order valence-corrected chi connectivity index (χ0v) is 9.50. The molecule has 0 aliphatic heterocycles. The Morgan fingerprint density at radius 1 is 1.00 bits per heavy atom. The standard InChI is InChI=1S/C13H21NO/c1-2-3-12-4-6-13(7-5-12)8-9-14-10-11-15/h4-7,14-15H,2-3,8-11H2,1H3. The van der Waals surface area contributed by atoms with Gasteiger partial charge in [-0.3, -0.25) is 0 Å². The summed E-state index contributed by atoms with van der Waals surface area (Å²) < 4.78 is 0. The zero-order valence-electron chi connectivity index (χ0n) is 9.50. The fourth-order valence-electron chi connectivity index (χ4n) is 1.60. The Labute approximate surface area is 92.3 Å². The molecule has 2 nitrogen and oxygen atoms in total. The smallest absolute Gasteiger partial charge is 0.0555 e. The van der Waals surface area contributed by atoms with E-state index < -0.39 is 0 Å². The van der Waals surface area contributed by atoms with Crippen molar-refractivity contribution in [1.82, 2.24) is 5.32 Å². The lowest BCUT2D eigenvalue weighted by molar-refractivity contribution is 0.293. The molecule has 2 N–H and O–H groups in total. The molecule has 0 saturated heterocycles. The van der Waals surface area contributed by atoms with Crippen molar-refractivity contribution in [2.75, 3.05) is 19.7 Å². The summed E-state index contributed by atoms with van der Waals surface area (Å²) in [5.74, 6) is 0. The lowest BCUT2D eigenvalue weighted by Gasteiger charge is -2.04. The molecule has 0 fully saturated rings. The van der Waals surface area contributed by atoms with E-state index in [0.717, 1.165) is 13.0 Å². The van der Waals surface area contributed by atoms with Crippen molar-refractivity contribution in [2.45, 2.75) is 26.2 Å². The Kier molecular flexibility index (Phi) is 6.05. The summed E-state index contributed by atoms with van der Waals surface area (Å²) in [7, 11) is 0. The molecule has 1 rings (SSSR count). The molecule has 0 radical (unpaired) electrons. The van der Waals surface area contributed by atoms with E-state index in [1.54, 1.807) is 0 Å². The van der Waals surface area contributed by atoms with Crippen LogP contribution in [-0.2, 0) is 12.8 Å². The molecule has 0 aromatic heterocycles. The minimum Gasteiger partial charge on any atom is -0.395 e. The van der Waals surface area contributed by atoms with Crippen LogP contribution in [0.3, 0.4) is 0 Å². The van der Waals surface area contributed by atoms with Crippen LogP contribution in [-0.4, -0.2) is 24.8 Å². The summed E-state index contributed by atoms with van der Waals surface area (Å²) >= 11 is 0. The summed E-state index contributed by atoms with van der Waals surface area (Å²) in [6.07, 6.45) is 3.41. The molecule has 0 amide bonds. The van der Waals surface area contributed by atoms with Crippen molar-refractivity contribution in [3.05, 3.63) is 35.4 Å². The highest BCUT2D eigenvalue weighted by Crippen LogP contribution is 2.06. The molecule has 0 unspecified atom stereocenters. The molecule has 0 atom stereocenters. The second-order valence-corrected chi connectivity index (χ2v) is 3.79. The van der Waals surface area contributed by atoms with Gasteiger partial charge in [-0.25, -0.2) is 0 Å². The molecule has 15 heavy (non-hydrogen) atoms. The second-order valence-electron chi connectivity index (χ2n) is 3.79. The van der Waals surface area contributed by atoms with E-state index in [9.17, 15) is 0 Å². The highest BCUT2D eigenvalue weighted by atomic mass is 16.3. The number of nitrogens with one attached hydrogen (secondary N) is 1. The molecular weight excluding hydrogens is 186 g/mol. The van der Waals surface area contributed by atoms with Gasteiger partial charge in [0.05, 0.1) is 6.61 Å². The number of aryl methyl sites for hydroxylation is 1. The Hall–Kier alpha value is -0.860. The molecule has 0 saturated carbocycles. The quantitative estimate of drug-likeness (QED) is 0.668. The average Bonchev–Trinajstić information content (AvgIpc) is 2.27. The van der Waals surface area contributed by atoms with E-state index in [1.807, 2.05) is 0 Å². The van der Waals surface area contributed by atoms with Crippen molar-refractivity contribution in [1.29, 1.82) is 0 Å². The van der Waals surface area contributed by atoms with Crippen LogP contribution >= 0.6 is 0 Å². The van der Waals surface area contributed by atoms with Crippen LogP contribution in [0.5, 0.6) is 0 Å². The van der Waals surface area contributed by atoms with Crippen molar-refractivity contribution in [3.8, 4) is 0 Å². The predicted molar refractivity (Wildman–Crippen MR) is 64.1 cm³/mol. The third-order valence-electron chi connectivity index (χ3n) is 2.44. The summed E-state index contributed by atoms with van der Waals surface area (Å²) in [4.78, 5) is 0. The highest BCUT2D eigenvalue weighted by Gasteiger charge is 1.94. The van der Waals surface area contributed by atoms with Gasteiger partial charge in [-0.15, -0.1) is 0 Å². The van der Waals surface area contributed by atoms with Crippen molar-refractivity contribution in [2.24, 2.45) is 0 Å². The van der Waals surface area contributed by atoms with E-state index in [4.69, 9.17) is 5.11 Å². The Bertz CT molecular complexity index is 256. The van der Waals surface area contributed by atoms with Crippen molar-refractivity contribution < 1.29 is 5.11 Å². The zero-order chi connectivity index (χ0) is 10.9. The van der Waals surface area contributed by atoms with E-state index in [2.05, 4.69) is 36.5 Å². The van der Waals surface area contributed by atoms with Gasteiger partial charge in [0.25, 0.3) is 0 Å². The maximum atomic E-state index is 8.60. The summed E-state index contributed by atoms with van der Waals surface area (Å²) in [6, 6.07) is 8.83. The van der Waals surface area contributed by atoms with Crippen LogP contribution in [0.25, 0.3) is 0 Å². The normalized spacial score (nSPS) is 10.5. The number of rotatable bonds is 7. The van der Waals surface area contributed by atoms with Crippen molar-refractivity contribution in [3.63, 3.8) is 0 Å². The van der Waals surface area contributed by atoms with Gasteiger partial charge in [-0.2, -0.15) is 0 Å².